The molecule has 0 heterocycles. The molecule has 0 aliphatic heterocycles. The van der Waals surface area contributed by atoms with Crippen LogP contribution < -0.4 is 26.4 Å². The number of rotatable bonds is 11. The number of nitrogens with two attached hydrogens (primary N) is 1. The van der Waals surface area contributed by atoms with E-state index in [1.54, 1.807) is 31.2 Å². The van der Waals surface area contributed by atoms with E-state index in [4.69, 9.17) is 10.5 Å². The fraction of sp³-hybridized carbons (Fsp3) is 0.269. The topological polar surface area (TPSA) is 118 Å². The molecule has 5 N–H and O–H groups in total. The number of halogens is 3. The van der Waals surface area contributed by atoms with Gasteiger partial charge in [0.1, 0.15) is 11.3 Å². The fourth-order valence-corrected chi connectivity index (χ4v) is 3.47. The minimum absolute atomic E-state index is 0.100. The first-order valence-corrected chi connectivity index (χ1v) is 11.5. The average molecular weight is 516 g/mol. The van der Waals surface area contributed by atoms with E-state index < -0.39 is 23.2 Å². The highest BCUT2D eigenvalue weighted by molar-refractivity contribution is 6.13. The molecule has 1 aliphatic rings. The highest BCUT2D eigenvalue weighted by atomic mass is 19.4. The van der Waals surface area contributed by atoms with Gasteiger partial charge < -0.3 is 26.4 Å². The van der Waals surface area contributed by atoms with E-state index in [1.807, 2.05) is 0 Å². The van der Waals surface area contributed by atoms with E-state index in [0.717, 1.165) is 17.8 Å². The van der Waals surface area contributed by atoms with Crippen LogP contribution in [0.5, 0.6) is 5.75 Å². The van der Waals surface area contributed by atoms with Crippen LogP contribution in [-0.4, -0.2) is 30.2 Å². The minimum Gasteiger partial charge on any atom is -0.494 e. The number of ether oxygens (including phenoxy) is 1. The molecule has 37 heavy (non-hydrogen) atoms. The molecular weight excluding hydrogens is 487 g/mol. The lowest BCUT2D eigenvalue weighted by Gasteiger charge is -2.18. The van der Waals surface area contributed by atoms with Gasteiger partial charge in [0, 0.05) is 30.8 Å². The first-order chi connectivity index (χ1) is 17.6. The van der Waals surface area contributed by atoms with Crippen molar-refractivity contribution in [2.24, 2.45) is 10.7 Å². The van der Waals surface area contributed by atoms with Crippen LogP contribution in [0.3, 0.4) is 0 Å². The number of aliphatic imine (C=N–C) groups is 1. The van der Waals surface area contributed by atoms with Crippen LogP contribution in [0.15, 0.2) is 72.0 Å². The molecule has 1 fully saturated rings. The van der Waals surface area contributed by atoms with E-state index in [0.29, 0.717) is 18.5 Å². The van der Waals surface area contributed by atoms with Crippen LogP contribution in [0, 0.1) is 0 Å². The normalized spacial score (nSPS) is 14.6. The van der Waals surface area contributed by atoms with Crippen LogP contribution >= 0.6 is 0 Å². The monoisotopic (exact) mass is 515 g/mol. The van der Waals surface area contributed by atoms with Crippen molar-refractivity contribution in [2.45, 2.75) is 38.0 Å². The molecular formula is C26H28F3N5O3. The Morgan fingerprint density at radius 3 is 2.46 bits per heavy atom. The zero-order chi connectivity index (χ0) is 27.1. The van der Waals surface area contributed by atoms with E-state index in [9.17, 15) is 22.8 Å². The lowest BCUT2D eigenvalue weighted by molar-refractivity contribution is -0.137. The summed E-state index contributed by atoms with van der Waals surface area (Å²) in [5.41, 5.74) is 4.77. The van der Waals surface area contributed by atoms with Crippen LogP contribution in [0.4, 0.5) is 24.5 Å². The molecule has 0 atom stereocenters. The van der Waals surface area contributed by atoms with Crippen molar-refractivity contribution in [3.8, 4) is 5.75 Å². The lowest BCUT2D eigenvalue weighted by atomic mass is 10.1. The van der Waals surface area contributed by atoms with E-state index >= 15 is 0 Å². The Morgan fingerprint density at radius 2 is 1.89 bits per heavy atom. The Kier molecular flexibility index (Phi) is 8.59. The van der Waals surface area contributed by atoms with Gasteiger partial charge in [0.15, 0.2) is 0 Å². The number of carbonyl (C=O) groups is 2. The lowest BCUT2D eigenvalue weighted by Crippen LogP contribution is -2.49. The number of nitrogens with zero attached hydrogens (tertiary/aromatic N) is 1. The van der Waals surface area contributed by atoms with Crippen LogP contribution in [0.25, 0.3) is 0 Å². The van der Waals surface area contributed by atoms with Crippen molar-refractivity contribution in [1.29, 1.82) is 0 Å². The maximum Gasteiger partial charge on any atom is 0.418 e. The van der Waals surface area contributed by atoms with Gasteiger partial charge in [0.05, 0.1) is 23.4 Å². The van der Waals surface area contributed by atoms with Crippen molar-refractivity contribution in [3.05, 3.63) is 78.1 Å². The van der Waals surface area contributed by atoms with Gasteiger partial charge in [-0.2, -0.15) is 13.2 Å². The standard InChI is InChI=1S/C26H28F3N5O3/c1-3-31-16-18(14-30)23(35)34-25(11-12-25)24(36)32-15-17-5-7-19(8-6-17)33-22-10-9-20(37-4-2)13-21(22)26(27,28)29/h3,5-10,13-14,16,33H,1,4,11-12,15,30H2,2H3,(H,32,36)(H,34,35)/b18-14+,31-16?. The number of nitrogens with one attached hydrogen (secondary N) is 3. The molecule has 196 valence electrons. The molecule has 2 aromatic carbocycles. The Labute approximate surface area is 212 Å². The maximum atomic E-state index is 13.5. The van der Waals surface area contributed by atoms with E-state index in [-0.39, 0.29) is 36.1 Å². The summed E-state index contributed by atoms with van der Waals surface area (Å²) in [6, 6.07) is 10.3. The molecule has 1 saturated carbocycles. The molecule has 0 radical (unpaired) electrons. The molecule has 11 heteroatoms. The number of hydrogen-bond acceptors (Lipinski definition) is 6. The number of carbonyl (C=O) groups excluding carboxylic acids is 2. The highest BCUT2D eigenvalue weighted by Crippen LogP contribution is 2.38. The summed E-state index contributed by atoms with van der Waals surface area (Å²) in [5.74, 6) is -0.732. The molecule has 0 spiro atoms. The molecule has 2 aromatic rings. The molecule has 3 rings (SSSR count). The first-order valence-electron chi connectivity index (χ1n) is 11.5. The number of alkyl halides is 3. The van der Waals surface area contributed by atoms with Gasteiger partial charge in [0.25, 0.3) is 5.91 Å². The summed E-state index contributed by atoms with van der Waals surface area (Å²) in [4.78, 5) is 28.9. The number of anilines is 2. The smallest absolute Gasteiger partial charge is 0.418 e. The molecule has 0 saturated heterocycles. The largest absolute Gasteiger partial charge is 0.494 e. The SMILES string of the molecule is C=CN=C/C(=C\N)C(=O)NC1(C(=O)NCc2ccc(Nc3ccc(OCC)cc3C(F)(F)F)cc2)CC1. The van der Waals surface area contributed by atoms with Gasteiger partial charge in [-0.3, -0.25) is 14.6 Å². The summed E-state index contributed by atoms with van der Waals surface area (Å²) < 4.78 is 45.8. The third-order valence-corrected chi connectivity index (χ3v) is 5.59. The molecule has 0 aromatic heterocycles. The van der Waals surface area contributed by atoms with Gasteiger partial charge in [-0.25, -0.2) is 0 Å². The Balaban J connectivity index is 1.61. The molecule has 0 bridgehead atoms. The molecule has 8 nitrogen and oxygen atoms in total. The van der Waals surface area contributed by atoms with Crippen molar-refractivity contribution in [1.82, 2.24) is 10.6 Å². The minimum atomic E-state index is -4.56. The predicted molar refractivity (Wildman–Crippen MR) is 135 cm³/mol. The quantitative estimate of drug-likeness (QED) is 0.265. The van der Waals surface area contributed by atoms with Crippen LogP contribution in [-0.2, 0) is 22.3 Å². The molecule has 0 unspecified atom stereocenters. The first kappa shape index (κ1) is 27.3. The second-order valence-corrected chi connectivity index (χ2v) is 8.26. The predicted octanol–water partition coefficient (Wildman–Crippen LogP) is 4.17. The van der Waals surface area contributed by atoms with Gasteiger partial charge in [-0.15, -0.1) is 0 Å². The second-order valence-electron chi connectivity index (χ2n) is 8.26. The summed E-state index contributed by atoms with van der Waals surface area (Å²) in [7, 11) is 0. The summed E-state index contributed by atoms with van der Waals surface area (Å²) in [6.45, 7) is 5.55. The summed E-state index contributed by atoms with van der Waals surface area (Å²) >= 11 is 0. The number of hydrogen-bond donors (Lipinski definition) is 4. The third-order valence-electron chi connectivity index (χ3n) is 5.59. The summed E-state index contributed by atoms with van der Waals surface area (Å²) in [5, 5.41) is 8.26. The van der Waals surface area contributed by atoms with Gasteiger partial charge in [0.2, 0.25) is 5.91 Å². The Bertz CT molecular complexity index is 1200. The zero-order valence-electron chi connectivity index (χ0n) is 20.2. The summed E-state index contributed by atoms with van der Waals surface area (Å²) in [6.07, 6.45) is -0.00753. The molecule has 2 amide bonds. The maximum absolute atomic E-state index is 13.5. The average Bonchev–Trinajstić information content (AvgIpc) is 3.65. The molecule has 1 aliphatic carbocycles. The van der Waals surface area contributed by atoms with Crippen molar-refractivity contribution < 1.29 is 27.5 Å². The van der Waals surface area contributed by atoms with Crippen molar-refractivity contribution in [3.63, 3.8) is 0 Å². The van der Waals surface area contributed by atoms with Gasteiger partial charge in [-0.05, 0) is 55.7 Å². The van der Waals surface area contributed by atoms with Crippen molar-refractivity contribution in [2.75, 3.05) is 11.9 Å². The van der Waals surface area contributed by atoms with Gasteiger partial charge >= 0.3 is 6.18 Å². The Hall–Kier alpha value is -4.28. The fourth-order valence-electron chi connectivity index (χ4n) is 3.47. The van der Waals surface area contributed by atoms with Crippen LogP contribution in [0.1, 0.15) is 30.9 Å². The van der Waals surface area contributed by atoms with Crippen molar-refractivity contribution >= 4 is 29.4 Å². The zero-order valence-corrected chi connectivity index (χ0v) is 20.2. The number of amides is 2. The van der Waals surface area contributed by atoms with E-state index in [1.165, 1.54) is 24.5 Å². The van der Waals surface area contributed by atoms with Crippen LogP contribution in [0.2, 0.25) is 0 Å². The Morgan fingerprint density at radius 1 is 1.19 bits per heavy atom. The number of benzene rings is 2. The third kappa shape index (κ3) is 7.12. The van der Waals surface area contributed by atoms with E-state index in [2.05, 4.69) is 27.5 Å². The highest BCUT2D eigenvalue weighted by Gasteiger charge is 2.51. The van der Waals surface area contributed by atoms with Gasteiger partial charge in [-0.1, -0.05) is 18.7 Å². The second kappa shape index (κ2) is 11.6.